The molecular formula is C67H119N2O7P. The highest BCUT2D eigenvalue weighted by Crippen LogP contribution is 2.38. The van der Waals surface area contributed by atoms with E-state index >= 15 is 0 Å². The maximum atomic E-state index is 13.5. The summed E-state index contributed by atoms with van der Waals surface area (Å²) in [5, 5.41) is 3.00. The first-order valence-corrected chi connectivity index (χ1v) is 33.1. The Morgan fingerprint density at radius 2 is 0.844 bits per heavy atom. The van der Waals surface area contributed by atoms with E-state index in [0.717, 1.165) is 64.2 Å². The summed E-state index contributed by atoms with van der Waals surface area (Å²) < 4.78 is 30.3. The largest absolute Gasteiger partial charge is 0.756 e. The normalized spacial score (nSPS) is 14.3. The molecule has 10 heteroatoms. The Hall–Kier alpha value is -3.07. The number of likely N-dealkylation sites (N-methyl/N-ethyl adjacent to an activating group) is 1. The Bertz CT molecular complexity index is 1640. The fourth-order valence-electron chi connectivity index (χ4n) is 8.78. The summed E-state index contributed by atoms with van der Waals surface area (Å²) in [5.74, 6) is -0.593. The molecule has 0 saturated heterocycles. The lowest BCUT2D eigenvalue weighted by atomic mass is 10.0. The number of phosphoric ester groups is 1. The first-order valence-electron chi connectivity index (χ1n) is 31.6. The maximum Gasteiger partial charge on any atom is 0.306 e. The zero-order chi connectivity index (χ0) is 56.4. The maximum absolute atomic E-state index is 13.5. The molecule has 0 aliphatic rings. The van der Waals surface area contributed by atoms with Crippen LogP contribution in [0.3, 0.4) is 0 Å². The molecule has 0 radical (unpaired) electrons. The molecule has 0 rings (SSSR count). The van der Waals surface area contributed by atoms with Crippen LogP contribution in [0.5, 0.6) is 0 Å². The summed E-state index contributed by atoms with van der Waals surface area (Å²) in [6, 6.07) is -0.916. The number of hydrogen-bond acceptors (Lipinski definition) is 7. The van der Waals surface area contributed by atoms with Crippen molar-refractivity contribution >= 4 is 19.7 Å². The van der Waals surface area contributed by atoms with Gasteiger partial charge in [-0.1, -0.05) is 272 Å². The molecule has 1 N–H and O–H groups in total. The van der Waals surface area contributed by atoms with E-state index in [4.69, 9.17) is 13.8 Å². The van der Waals surface area contributed by atoms with Crippen molar-refractivity contribution in [3.8, 4) is 0 Å². The SMILES string of the molecule is CC\C=C/C=C/C=C/C=C\C=C\C=C\CCCCCC(=O)NC(COP(=O)([O-])OCC[N+](C)(C)C)C(/C=C\CCCCCCCCCCC)OC(=O)CCCCCCCCCCCCCCC/C=C/CCCCCCCC. The topological polar surface area (TPSA) is 114 Å². The smallest absolute Gasteiger partial charge is 0.306 e. The average Bonchev–Trinajstić information content (AvgIpc) is 3.39. The third kappa shape index (κ3) is 57.4. The molecule has 0 heterocycles. The van der Waals surface area contributed by atoms with Crippen LogP contribution in [0.2, 0.25) is 0 Å². The molecule has 3 unspecified atom stereocenters. The molecule has 0 spiro atoms. The number of hydrogen-bond donors (Lipinski definition) is 1. The predicted molar refractivity (Wildman–Crippen MR) is 330 cm³/mol. The predicted octanol–water partition coefficient (Wildman–Crippen LogP) is 18.9. The van der Waals surface area contributed by atoms with Gasteiger partial charge in [0.25, 0.3) is 7.82 Å². The fourth-order valence-corrected chi connectivity index (χ4v) is 9.51. The number of phosphoric acid groups is 1. The van der Waals surface area contributed by atoms with Gasteiger partial charge in [-0.05, 0) is 76.7 Å². The lowest BCUT2D eigenvalue weighted by molar-refractivity contribution is -0.870. The van der Waals surface area contributed by atoms with Gasteiger partial charge in [-0.2, -0.15) is 0 Å². The van der Waals surface area contributed by atoms with Gasteiger partial charge in [0.15, 0.2) is 0 Å². The highest BCUT2D eigenvalue weighted by atomic mass is 31.2. The van der Waals surface area contributed by atoms with E-state index < -0.39 is 26.6 Å². The van der Waals surface area contributed by atoms with E-state index in [1.807, 2.05) is 94.1 Å². The number of rotatable bonds is 56. The molecule has 0 bridgehead atoms. The van der Waals surface area contributed by atoms with Crippen LogP contribution in [-0.4, -0.2) is 69.4 Å². The number of ether oxygens (including phenoxy) is 1. The molecule has 0 aromatic rings. The zero-order valence-corrected chi connectivity index (χ0v) is 51.5. The fraction of sp³-hybridized carbons (Fsp3) is 0.731. The van der Waals surface area contributed by atoms with Crippen molar-refractivity contribution in [1.82, 2.24) is 5.32 Å². The summed E-state index contributed by atoms with van der Waals surface area (Å²) in [6.45, 7) is 6.65. The first kappa shape index (κ1) is 73.9. The summed E-state index contributed by atoms with van der Waals surface area (Å²) in [4.78, 5) is 40.0. The van der Waals surface area contributed by atoms with Crippen LogP contribution in [0.4, 0.5) is 0 Å². The molecule has 3 atom stereocenters. The Kier molecular flexibility index (Phi) is 54.0. The Morgan fingerprint density at radius 3 is 1.30 bits per heavy atom. The van der Waals surface area contributed by atoms with Gasteiger partial charge in [0.05, 0.1) is 33.8 Å². The lowest BCUT2D eigenvalue weighted by Gasteiger charge is -2.30. The number of amides is 1. The number of unbranched alkanes of at least 4 members (excludes halogenated alkanes) is 31. The van der Waals surface area contributed by atoms with E-state index in [0.29, 0.717) is 17.4 Å². The van der Waals surface area contributed by atoms with Crippen molar-refractivity contribution in [2.24, 2.45) is 0 Å². The number of quaternary nitrogens is 1. The third-order valence-electron chi connectivity index (χ3n) is 13.7. The minimum absolute atomic E-state index is 0.0356. The number of carbonyl (C=O) groups is 2. The van der Waals surface area contributed by atoms with E-state index in [1.54, 1.807) is 0 Å². The molecule has 1 amide bonds. The second kappa shape index (κ2) is 56.2. The van der Waals surface area contributed by atoms with Crippen LogP contribution >= 0.6 is 7.82 Å². The second-order valence-electron chi connectivity index (χ2n) is 22.3. The Morgan fingerprint density at radius 1 is 0.468 bits per heavy atom. The average molecular weight is 1100 g/mol. The van der Waals surface area contributed by atoms with Crippen LogP contribution in [0.1, 0.15) is 265 Å². The number of esters is 1. The second-order valence-corrected chi connectivity index (χ2v) is 23.7. The summed E-state index contributed by atoms with van der Waals surface area (Å²) in [5.41, 5.74) is 0. The zero-order valence-electron chi connectivity index (χ0n) is 50.6. The van der Waals surface area contributed by atoms with Crippen LogP contribution in [0.25, 0.3) is 0 Å². The van der Waals surface area contributed by atoms with Gasteiger partial charge in [-0.25, -0.2) is 0 Å². The standard InChI is InChI=1S/C67H119N2O7P/c1-7-10-13-16-19-22-25-27-29-31-32-33-34-35-36-38-40-42-45-48-51-54-57-60-67(71)76-65(58-55-52-49-46-43-24-21-18-15-12-9-3)64(63-75-77(72,73)74-62-61-69(4,5)6)68-66(70)59-56-53-50-47-44-41-39-37-30-28-26-23-20-17-14-11-8-2/h11,14,17,20,23,26-30,37,39,41,44,55,58,64-65H,7-10,12-13,15-16,18-19,21-22,24-25,31-36,38,40,42-43,45-54,56-57,59-63H2,1-6H3,(H-,68,70,72,73)/b14-11-,20-17+,26-23+,29-27+,30-28-,39-37+,44-41+,58-55-. The molecule has 0 saturated carbocycles. The van der Waals surface area contributed by atoms with Crippen molar-refractivity contribution in [3.63, 3.8) is 0 Å². The molecule has 77 heavy (non-hydrogen) atoms. The molecular weight excluding hydrogens is 976 g/mol. The van der Waals surface area contributed by atoms with Gasteiger partial charge in [0.2, 0.25) is 5.91 Å². The number of nitrogens with zero attached hydrogens (tertiary/aromatic N) is 1. The summed E-state index contributed by atoms with van der Waals surface area (Å²) in [6.07, 6.45) is 75.3. The van der Waals surface area contributed by atoms with Gasteiger partial charge in [0, 0.05) is 12.8 Å². The van der Waals surface area contributed by atoms with Crippen LogP contribution in [-0.2, 0) is 27.9 Å². The quantitative estimate of drug-likeness (QED) is 0.0161. The number of nitrogens with one attached hydrogen (secondary N) is 1. The van der Waals surface area contributed by atoms with Crippen molar-refractivity contribution in [2.45, 2.75) is 277 Å². The molecule has 0 aliphatic carbocycles. The van der Waals surface area contributed by atoms with Crippen molar-refractivity contribution in [3.05, 3.63) is 97.2 Å². The Balaban J connectivity index is 5.21. The van der Waals surface area contributed by atoms with Crippen molar-refractivity contribution < 1.29 is 37.3 Å². The van der Waals surface area contributed by atoms with E-state index in [2.05, 4.69) is 50.4 Å². The highest BCUT2D eigenvalue weighted by Gasteiger charge is 2.27. The van der Waals surface area contributed by atoms with Gasteiger partial charge in [-0.3, -0.25) is 14.2 Å². The van der Waals surface area contributed by atoms with E-state index in [9.17, 15) is 19.0 Å². The molecule has 0 fully saturated rings. The molecule has 9 nitrogen and oxygen atoms in total. The van der Waals surface area contributed by atoms with Gasteiger partial charge in [-0.15, -0.1) is 0 Å². The lowest BCUT2D eigenvalue weighted by Crippen LogP contribution is -2.47. The van der Waals surface area contributed by atoms with Crippen LogP contribution in [0.15, 0.2) is 97.2 Å². The summed E-state index contributed by atoms with van der Waals surface area (Å²) in [7, 11) is 1.14. The number of carbonyl (C=O) groups excluding carboxylic acids is 2. The van der Waals surface area contributed by atoms with Crippen LogP contribution in [0, 0.1) is 0 Å². The van der Waals surface area contributed by atoms with Gasteiger partial charge < -0.3 is 28.5 Å². The number of allylic oxidation sites excluding steroid dienone is 15. The molecule has 0 aromatic heterocycles. The minimum atomic E-state index is -4.72. The van der Waals surface area contributed by atoms with Crippen molar-refractivity contribution in [1.29, 1.82) is 0 Å². The highest BCUT2D eigenvalue weighted by molar-refractivity contribution is 7.45. The monoisotopic (exact) mass is 1090 g/mol. The molecule has 0 aromatic carbocycles. The molecule has 0 aliphatic heterocycles. The van der Waals surface area contributed by atoms with E-state index in [1.165, 1.54) is 161 Å². The minimum Gasteiger partial charge on any atom is -0.756 e. The third-order valence-corrected chi connectivity index (χ3v) is 14.6. The first-order chi connectivity index (χ1) is 37.4. The Labute approximate surface area is 475 Å². The van der Waals surface area contributed by atoms with Gasteiger partial charge in [0.1, 0.15) is 19.3 Å². The summed E-state index contributed by atoms with van der Waals surface area (Å²) >= 11 is 0. The van der Waals surface area contributed by atoms with Gasteiger partial charge >= 0.3 is 5.97 Å². The molecule has 444 valence electrons. The van der Waals surface area contributed by atoms with Crippen molar-refractivity contribution in [2.75, 3.05) is 40.9 Å². The van der Waals surface area contributed by atoms with E-state index in [-0.39, 0.29) is 31.3 Å². The van der Waals surface area contributed by atoms with Crippen LogP contribution < -0.4 is 10.2 Å².